The molecular formula is C11H16OSi. The Bertz CT molecular complexity index is 262. The van der Waals surface area contributed by atoms with Crippen molar-refractivity contribution in [3.05, 3.63) is 29.8 Å². The fourth-order valence-corrected chi connectivity index (χ4v) is 4.21. The molecule has 0 aliphatic carbocycles. The van der Waals surface area contributed by atoms with Crippen LogP contribution in [0.4, 0.5) is 0 Å². The molecule has 1 saturated heterocycles. The molecule has 1 heterocycles. The van der Waals surface area contributed by atoms with Crippen molar-refractivity contribution in [3.8, 4) is 0 Å². The van der Waals surface area contributed by atoms with Gasteiger partial charge in [-0.25, -0.2) is 0 Å². The Hall–Kier alpha value is -0.603. The third-order valence-corrected chi connectivity index (χ3v) is 5.33. The van der Waals surface area contributed by atoms with Crippen LogP contribution in [0.15, 0.2) is 24.3 Å². The molecule has 1 nitrogen and oxygen atoms in total. The van der Waals surface area contributed by atoms with Crippen molar-refractivity contribution in [1.29, 1.82) is 0 Å². The van der Waals surface area contributed by atoms with Gasteiger partial charge in [-0.2, -0.15) is 0 Å². The molecule has 1 aliphatic rings. The van der Waals surface area contributed by atoms with E-state index >= 15 is 0 Å². The standard InChI is InChI=1S/C11H16OSi/c1-10-4-6-11(7-5-10)13-9-3-2-8-12-13/h4-7,13H,2-3,8-9H2,1H3. The summed E-state index contributed by atoms with van der Waals surface area (Å²) in [6.45, 7) is 3.12. The second-order valence-corrected chi connectivity index (χ2v) is 6.32. The summed E-state index contributed by atoms with van der Waals surface area (Å²) in [7, 11) is -1.01. The molecule has 1 aromatic carbocycles. The summed E-state index contributed by atoms with van der Waals surface area (Å²) in [4.78, 5) is 0. The van der Waals surface area contributed by atoms with Crippen LogP contribution in [0.1, 0.15) is 18.4 Å². The van der Waals surface area contributed by atoms with Crippen molar-refractivity contribution >= 4 is 14.2 Å². The Morgan fingerprint density at radius 1 is 1.15 bits per heavy atom. The molecule has 0 radical (unpaired) electrons. The van der Waals surface area contributed by atoms with Crippen LogP contribution in [0.25, 0.3) is 0 Å². The number of rotatable bonds is 1. The molecule has 1 aromatic rings. The Kier molecular flexibility index (Phi) is 2.81. The molecule has 0 aromatic heterocycles. The van der Waals surface area contributed by atoms with Gasteiger partial charge in [0.1, 0.15) is 0 Å². The van der Waals surface area contributed by atoms with Crippen LogP contribution in [-0.4, -0.2) is 15.6 Å². The van der Waals surface area contributed by atoms with Gasteiger partial charge in [0.2, 0.25) is 9.04 Å². The van der Waals surface area contributed by atoms with E-state index in [0.29, 0.717) is 0 Å². The fraction of sp³-hybridized carbons (Fsp3) is 0.455. The third-order valence-electron chi connectivity index (χ3n) is 2.63. The summed E-state index contributed by atoms with van der Waals surface area (Å²) < 4.78 is 5.84. The zero-order valence-electron chi connectivity index (χ0n) is 8.12. The average molecular weight is 192 g/mol. The maximum absolute atomic E-state index is 5.84. The molecule has 0 spiro atoms. The topological polar surface area (TPSA) is 9.23 Å². The molecule has 0 N–H and O–H groups in total. The lowest BCUT2D eigenvalue weighted by molar-refractivity contribution is 0.294. The van der Waals surface area contributed by atoms with Gasteiger partial charge in [-0.15, -0.1) is 0 Å². The Morgan fingerprint density at radius 3 is 2.54 bits per heavy atom. The van der Waals surface area contributed by atoms with Gasteiger partial charge in [-0.05, 0) is 24.6 Å². The lowest BCUT2D eigenvalue weighted by Crippen LogP contribution is -2.36. The van der Waals surface area contributed by atoms with Crippen LogP contribution >= 0.6 is 0 Å². The highest BCUT2D eigenvalue weighted by atomic mass is 28.3. The zero-order valence-corrected chi connectivity index (χ0v) is 9.28. The predicted molar refractivity (Wildman–Crippen MR) is 58.0 cm³/mol. The molecule has 2 rings (SSSR count). The highest BCUT2D eigenvalue weighted by Crippen LogP contribution is 2.11. The van der Waals surface area contributed by atoms with E-state index in [9.17, 15) is 0 Å². The van der Waals surface area contributed by atoms with Crippen LogP contribution in [0.3, 0.4) is 0 Å². The molecule has 70 valence electrons. The Labute approximate surface area is 81.5 Å². The maximum Gasteiger partial charge on any atom is 0.208 e. The zero-order chi connectivity index (χ0) is 9.10. The molecule has 0 amide bonds. The molecule has 0 saturated carbocycles. The number of hydrogen-bond acceptors (Lipinski definition) is 1. The minimum Gasteiger partial charge on any atom is -0.415 e. The molecule has 13 heavy (non-hydrogen) atoms. The summed E-state index contributed by atoms with van der Waals surface area (Å²) >= 11 is 0. The monoisotopic (exact) mass is 192 g/mol. The first kappa shape index (κ1) is 8.97. The van der Waals surface area contributed by atoms with Crippen molar-refractivity contribution in [1.82, 2.24) is 0 Å². The molecule has 1 unspecified atom stereocenters. The molecule has 1 fully saturated rings. The molecule has 1 atom stereocenters. The van der Waals surface area contributed by atoms with Crippen LogP contribution in [0.2, 0.25) is 6.04 Å². The van der Waals surface area contributed by atoms with Crippen LogP contribution < -0.4 is 5.19 Å². The van der Waals surface area contributed by atoms with Crippen LogP contribution in [0.5, 0.6) is 0 Å². The minimum absolute atomic E-state index is 0.991. The summed E-state index contributed by atoms with van der Waals surface area (Å²) in [6.07, 6.45) is 2.63. The average Bonchev–Trinajstić information content (AvgIpc) is 2.20. The summed E-state index contributed by atoms with van der Waals surface area (Å²) in [6, 6.07) is 10.2. The van der Waals surface area contributed by atoms with E-state index in [4.69, 9.17) is 4.43 Å². The quantitative estimate of drug-likeness (QED) is 0.616. The second-order valence-electron chi connectivity index (χ2n) is 3.77. The SMILES string of the molecule is Cc1ccc([SiH]2CCCCO2)cc1. The first-order chi connectivity index (χ1) is 6.36. The van der Waals surface area contributed by atoms with Gasteiger partial charge < -0.3 is 4.43 Å². The van der Waals surface area contributed by atoms with Gasteiger partial charge in [-0.3, -0.25) is 0 Å². The van der Waals surface area contributed by atoms with Crippen molar-refractivity contribution in [2.45, 2.75) is 25.8 Å². The summed E-state index contributed by atoms with van der Waals surface area (Å²) in [5, 5.41) is 1.48. The smallest absolute Gasteiger partial charge is 0.208 e. The first-order valence-electron chi connectivity index (χ1n) is 5.04. The summed E-state index contributed by atoms with van der Waals surface area (Å²) in [5.74, 6) is 0. The van der Waals surface area contributed by atoms with Gasteiger partial charge >= 0.3 is 0 Å². The lowest BCUT2D eigenvalue weighted by Gasteiger charge is -2.21. The molecule has 0 bridgehead atoms. The lowest BCUT2D eigenvalue weighted by atomic mass is 10.2. The van der Waals surface area contributed by atoms with E-state index in [1.807, 2.05) is 0 Å². The van der Waals surface area contributed by atoms with Gasteiger partial charge in [0.25, 0.3) is 0 Å². The molecular weight excluding hydrogens is 176 g/mol. The fourth-order valence-electron chi connectivity index (χ4n) is 1.78. The largest absolute Gasteiger partial charge is 0.415 e. The van der Waals surface area contributed by atoms with Crippen molar-refractivity contribution in [2.24, 2.45) is 0 Å². The van der Waals surface area contributed by atoms with E-state index in [2.05, 4.69) is 31.2 Å². The van der Waals surface area contributed by atoms with Crippen LogP contribution in [-0.2, 0) is 4.43 Å². The van der Waals surface area contributed by atoms with Crippen molar-refractivity contribution in [3.63, 3.8) is 0 Å². The van der Waals surface area contributed by atoms with E-state index in [1.54, 1.807) is 0 Å². The van der Waals surface area contributed by atoms with Crippen LogP contribution in [0, 0.1) is 6.92 Å². The summed E-state index contributed by atoms with van der Waals surface area (Å²) in [5.41, 5.74) is 1.34. The van der Waals surface area contributed by atoms with Crippen molar-refractivity contribution in [2.75, 3.05) is 6.61 Å². The number of benzene rings is 1. The van der Waals surface area contributed by atoms with E-state index in [1.165, 1.54) is 29.6 Å². The normalized spacial score (nSPS) is 23.0. The van der Waals surface area contributed by atoms with E-state index < -0.39 is 9.04 Å². The number of hydrogen-bond donors (Lipinski definition) is 0. The van der Waals surface area contributed by atoms with Gasteiger partial charge in [-0.1, -0.05) is 36.2 Å². The highest BCUT2D eigenvalue weighted by Gasteiger charge is 2.17. The maximum atomic E-state index is 5.84. The van der Waals surface area contributed by atoms with E-state index in [0.717, 1.165) is 6.61 Å². The Balaban J connectivity index is 2.10. The molecule has 1 aliphatic heterocycles. The second kappa shape index (κ2) is 4.07. The Morgan fingerprint density at radius 2 is 1.92 bits per heavy atom. The predicted octanol–water partition coefficient (Wildman–Crippen LogP) is 1.74. The van der Waals surface area contributed by atoms with Gasteiger partial charge in [0.05, 0.1) is 0 Å². The first-order valence-corrected chi connectivity index (χ1v) is 6.91. The third kappa shape index (κ3) is 2.20. The van der Waals surface area contributed by atoms with E-state index in [-0.39, 0.29) is 0 Å². The highest BCUT2D eigenvalue weighted by molar-refractivity contribution is 6.67. The van der Waals surface area contributed by atoms with Gasteiger partial charge in [0, 0.05) is 6.61 Å². The number of aryl methyl sites for hydroxylation is 1. The van der Waals surface area contributed by atoms with Gasteiger partial charge in [0.15, 0.2) is 0 Å². The van der Waals surface area contributed by atoms with Crippen molar-refractivity contribution < 1.29 is 4.43 Å². The molecule has 2 heteroatoms. The minimum atomic E-state index is -1.01.